The Balaban J connectivity index is 1.35. The molecular formula is C19H31N7O2. The first-order valence-electron chi connectivity index (χ1n) is 9.92. The van der Waals surface area contributed by atoms with Crippen molar-refractivity contribution >= 4 is 5.96 Å². The Morgan fingerprint density at radius 2 is 2.29 bits per heavy atom. The van der Waals surface area contributed by atoms with E-state index in [4.69, 9.17) is 9.15 Å². The molecule has 1 aliphatic rings. The van der Waals surface area contributed by atoms with Crippen LogP contribution in [0.15, 0.2) is 27.8 Å². The zero-order valence-corrected chi connectivity index (χ0v) is 16.8. The Bertz CT molecular complexity index is 706. The van der Waals surface area contributed by atoms with Gasteiger partial charge in [-0.05, 0) is 31.4 Å². The highest BCUT2D eigenvalue weighted by Crippen LogP contribution is 2.14. The molecule has 1 aliphatic heterocycles. The fraction of sp³-hybridized carbons (Fsp3) is 0.632. The van der Waals surface area contributed by atoms with Crippen molar-refractivity contribution in [3.05, 3.63) is 24.2 Å². The van der Waals surface area contributed by atoms with Gasteiger partial charge in [-0.15, -0.1) is 0 Å². The first-order valence-corrected chi connectivity index (χ1v) is 9.92. The zero-order valence-electron chi connectivity index (χ0n) is 16.8. The van der Waals surface area contributed by atoms with Crippen LogP contribution in [0.4, 0.5) is 0 Å². The SMILES string of the molecule is CN=C(NCCc1nc(-c2ccco2)n[nH]1)NC1CCN(CCCOC)CC1. The summed E-state index contributed by atoms with van der Waals surface area (Å²) in [5, 5.41) is 14.0. The molecule has 0 bridgehead atoms. The number of rotatable bonds is 9. The molecule has 3 N–H and O–H groups in total. The molecule has 1 saturated heterocycles. The molecule has 0 amide bonds. The van der Waals surface area contributed by atoms with E-state index in [-0.39, 0.29) is 0 Å². The van der Waals surface area contributed by atoms with Crippen molar-refractivity contribution in [2.24, 2.45) is 4.99 Å². The topological polar surface area (TPSA) is 104 Å². The van der Waals surface area contributed by atoms with Gasteiger partial charge in [0.05, 0.1) is 6.26 Å². The first kappa shape index (κ1) is 20.3. The minimum Gasteiger partial charge on any atom is -0.461 e. The number of guanidine groups is 1. The molecule has 0 aromatic carbocycles. The van der Waals surface area contributed by atoms with Crippen LogP contribution in [-0.4, -0.2) is 79.0 Å². The predicted molar refractivity (Wildman–Crippen MR) is 108 cm³/mol. The van der Waals surface area contributed by atoms with Crippen molar-refractivity contribution in [3.63, 3.8) is 0 Å². The third-order valence-corrected chi connectivity index (χ3v) is 4.90. The van der Waals surface area contributed by atoms with Crippen LogP contribution in [0, 0.1) is 0 Å². The van der Waals surface area contributed by atoms with Crippen molar-refractivity contribution in [2.75, 3.05) is 46.9 Å². The fourth-order valence-corrected chi connectivity index (χ4v) is 3.34. The van der Waals surface area contributed by atoms with E-state index in [0.717, 1.165) is 70.3 Å². The number of hydrogen-bond acceptors (Lipinski definition) is 6. The highest BCUT2D eigenvalue weighted by Gasteiger charge is 2.19. The van der Waals surface area contributed by atoms with Gasteiger partial charge < -0.3 is 24.7 Å². The Hall–Kier alpha value is -2.39. The Kier molecular flexibility index (Phi) is 7.86. The lowest BCUT2D eigenvalue weighted by atomic mass is 10.1. The van der Waals surface area contributed by atoms with E-state index in [0.29, 0.717) is 17.6 Å². The summed E-state index contributed by atoms with van der Waals surface area (Å²) < 4.78 is 10.4. The lowest BCUT2D eigenvalue weighted by Gasteiger charge is -2.33. The van der Waals surface area contributed by atoms with Gasteiger partial charge in [0.15, 0.2) is 11.7 Å². The maximum absolute atomic E-state index is 5.31. The number of aliphatic imine (C=N–C) groups is 1. The Labute approximate surface area is 166 Å². The number of hydrogen-bond donors (Lipinski definition) is 3. The maximum Gasteiger partial charge on any atom is 0.216 e. The Morgan fingerprint density at radius 1 is 1.43 bits per heavy atom. The smallest absolute Gasteiger partial charge is 0.216 e. The van der Waals surface area contributed by atoms with Crippen molar-refractivity contribution in [2.45, 2.75) is 31.7 Å². The van der Waals surface area contributed by atoms with E-state index in [1.807, 2.05) is 12.1 Å². The summed E-state index contributed by atoms with van der Waals surface area (Å²) in [4.78, 5) is 11.3. The van der Waals surface area contributed by atoms with E-state index in [1.54, 1.807) is 20.4 Å². The summed E-state index contributed by atoms with van der Waals surface area (Å²) in [5.41, 5.74) is 0. The van der Waals surface area contributed by atoms with Gasteiger partial charge in [-0.3, -0.25) is 10.1 Å². The molecule has 154 valence electrons. The van der Waals surface area contributed by atoms with E-state index >= 15 is 0 Å². The van der Waals surface area contributed by atoms with E-state index in [1.165, 1.54) is 0 Å². The molecule has 28 heavy (non-hydrogen) atoms. The number of aromatic nitrogens is 3. The van der Waals surface area contributed by atoms with Crippen LogP contribution in [0.5, 0.6) is 0 Å². The highest BCUT2D eigenvalue weighted by molar-refractivity contribution is 5.79. The van der Waals surface area contributed by atoms with Crippen LogP contribution in [0.25, 0.3) is 11.6 Å². The van der Waals surface area contributed by atoms with E-state index in [2.05, 4.69) is 35.7 Å². The normalized spacial score (nSPS) is 16.4. The summed E-state index contributed by atoms with van der Waals surface area (Å²) in [6.07, 6.45) is 5.70. The number of nitrogens with one attached hydrogen (secondary N) is 3. The fourth-order valence-electron chi connectivity index (χ4n) is 3.34. The quantitative estimate of drug-likeness (QED) is 0.337. The van der Waals surface area contributed by atoms with Crippen LogP contribution in [0.2, 0.25) is 0 Å². The molecule has 2 aromatic rings. The number of aromatic amines is 1. The second-order valence-electron chi connectivity index (χ2n) is 6.94. The van der Waals surface area contributed by atoms with Gasteiger partial charge in [-0.2, -0.15) is 5.10 Å². The van der Waals surface area contributed by atoms with Crippen molar-refractivity contribution in [1.82, 2.24) is 30.7 Å². The van der Waals surface area contributed by atoms with Crippen LogP contribution < -0.4 is 10.6 Å². The number of piperidine rings is 1. The van der Waals surface area contributed by atoms with Gasteiger partial charge in [-0.25, -0.2) is 4.98 Å². The molecule has 0 radical (unpaired) electrons. The summed E-state index contributed by atoms with van der Waals surface area (Å²) >= 11 is 0. The average molecular weight is 390 g/mol. The molecule has 3 heterocycles. The molecule has 0 unspecified atom stereocenters. The second kappa shape index (κ2) is 10.8. The molecule has 0 aliphatic carbocycles. The van der Waals surface area contributed by atoms with Gasteiger partial charge in [0, 0.05) is 59.4 Å². The molecule has 0 atom stereocenters. The maximum atomic E-state index is 5.31. The van der Waals surface area contributed by atoms with Gasteiger partial charge in [0.2, 0.25) is 5.82 Å². The summed E-state index contributed by atoms with van der Waals surface area (Å²) in [5.74, 6) is 2.91. The highest BCUT2D eigenvalue weighted by atomic mass is 16.5. The van der Waals surface area contributed by atoms with Crippen LogP contribution in [-0.2, 0) is 11.2 Å². The number of furan rings is 1. The minimum absolute atomic E-state index is 0.459. The first-order chi connectivity index (χ1) is 13.8. The standard InChI is InChI=1S/C19H31N7O2/c1-20-19(22-15-7-11-26(12-8-15)10-4-13-27-2)21-9-6-17-23-18(25-24-17)16-5-3-14-28-16/h3,5,14-15H,4,6-13H2,1-2H3,(H2,20,21,22)(H,23,24,25). The predicted octanol–water partition coefficient (Wildman–Crippen LogP) is 1.27. The van der Waals surface area contributed by atoms with Gasteiger partial charge in [0.1, 0.15) is 5.82 Å². The monoisotopic (exact) mass is 389 g/mol. The lowest BCUT2D eigenvalue weighted by molar-refractivity contribution is 0.155. The van der Waals surface area contributed by atoms with Gasteiger partial charge >= 0.3 is 0 Å². The summed E-state index contributed by atoms with van der Waals surface area (Å²) in [6, 6.07) is 4.13. The second-order valence-corrected chi connectivity index (χ2v) is 6.94. The molecule has 1 fully saturated rings. The molecule has 9 nitrogen and oxygen atoms in total. The van der Waals surface area contributed by atoms with Crippen LogP contribution in [0.1, 0.15) is 25.1 Å². The average Bonchev–Trinajstić information content (AvgIpc) is 3.40. The molecule has 9 heteroatoms. The zero-order chi connectivity index (χ0) is 19.6. The summed E-state index contributed by atoms with van der Waals surface area (Å²) in [6.45, 7) is 4.91. The van der Waals surface area contributed by atoms with Crippen molar-refractivity contribution in [1.29, 1.82) is 0 Å². The van der Waals surface area contributed by atoms with E-state index in [9.17, 15) is 0 Å². The largest absolute Gasteiger partial charge is 0.461 e. The number of likely N-dealkylation sites (tertiary alicyclic amines) is 1. The number of methoxy groups -OCH3 is 1. The molecule has 3 rings (SSSR count). The van der Waals surface area contributed by atoms with Crippen molar-refractivity contribution < 1.29 is 9.15 Å². The molecular weight excluding hydrogens is 358 g/mol. The molecule has 2 aromatic heterocycles. The van der Waals surface area contributed by atoms with Crippen LogP contribution in [0.3, 0.4) is 0 Å². The van der Waals surface area contributed by atoms with Gasteiger partial charge in [-0.1, -0.05) is 0 Å². The molecule has 0 saturated carbocycles. The van der Waals surface area contributed by atoms with Gasteiger partial charge in [0.25, 0.3) is 0 Å². The lowest BCUT2D eigenvalue weighted by Crippen LogP contribution is -2.49. The minimum atomic E-state index is 0.459. The summed E-state index contributed by atoms with van der Waals surface area (Å²) in [7, 11) is 3.56. The van der Waals surface area contributed by atoms with E-state index < -0.39 is 0 Å². The Morgan fingerprint density at radius 3 is 3.00 bits per heavy atom. The van der Waals surface area contributed by atoms with Crippen LogP contribution >= 0.6 is 0 Å². The third-order valence-electron chi connectivity index (χ3n) is 4.90. The number of H-pyrrole nitrogens is 1. The number of nitrogens with zero attached hydrogens (tertiary/aromatic N) is 4. The van der Waals surface area contributed by atoms with Crippen molar-refractivity contribution in [3.8, 4) is 11.6 Å². The number of ether oxygens (including phenoxy) is 1. The molecule has 0 spiro atoms. The third kappa shape index (κ3) is 6.07.